The van der Waals surface area contributed by atoms with Crippen LogP contribution in [-0.4, -0.2) is 24.9 Å². The van der Waals surface area contributed by atoms with Crippen LogP contribution in [0.4, 0.5) is 13.2 Å². The second kappa shape index (κ2) is 4.45. The number of carbonyl (C=O) groups is 1. The lowest BCUT2D eigenvalue weighted by molar-refractivity contribution is -0.137. The molecule has 0 saturated carbocycles. The Morgan fingerprint density at radius 3 is 2.25 bits per heavy atom. The average Bonchev–Trinajstić information content (AvgIpc) is 2.14. The van der Waals surface area contributed by atoms with Crippen LogP contribution >= 0.6 is 15.9 Å². The third-order valence-electron chi connectivity index (χ3n) is 1.88. The van der Waals surface area contributed by atoms with E-state index in [1.807, 2.05) is 0 Å². The van der Waals surface area contributed by atoms with Gasteiger partial charge in [-0.2, -0.15) is 13.2 Å². The van der Waals surface area contributed by atoms with Crippen LogP contribution in [0.2, 0.25) is 0 Å². The van der Waals surface area contributed by atoms with E-state index in [0.29, 0.717) is 0 Å². The van der Waals surface area contributed by atoms with Gasteiger partial charge < -0.3 is 4.90 Å². The molecular weight excluding hydrogens is 287 g/mol. The molecule has 88 valence electrons. The molecular formula is C10H9BrF3NO. The van der Waals surface area contributed by atoms with Crippen LogP contribution in [0.5, 0.6) is 0 Å². The van der Waals surface area contributed by atoms with Crippen molar-refractivity contribution in [3.63, 3.8) is 0 Å². The Hall–Kier alpha value is -1.04. The monoisotopic (exact) mass is 295 g/mol. The molecule has 6 heteroatoms. The molecule has 0 aliphatic carbocycles. The molecule has 0 atom stereocenters. The van der Waals surface area contributed by atoms with Gasteiger partial charge in [0, 0.05) is 24.1 Å². The second-order valence-corrected chi connectivity index (χ2v) is 4.34. The van der Waals surface area contributed by atoms with Gasteiger partial charge in [0.25, 0.3) is 5.91 Å². The normalized spacial score (nSPS) is 11.4. The number of nitrogens with zero attached hydrogens (tertiary/aromatic N) is 1. The van der Waals surface area contributed by atoms with Gasteiger partial charge in [0.05, 0.1) is 5.56 Å². The predicted molar refractivity (Wildman–Crippen MR) is 57.2 cm³/mol. The number of amides is 1. The van der Waals surface area contributed by atoms with Crippen molar-refractivity contribution in [3.8, 4) is 0 Å². The molecule has 0 aromatic heterocycles. The van der Waals surface area contributed by atoms with Gasteiger partial charge in [-0.05, 0) is 18.2 Å². The molecule has 0 unspecified atom stereocenters. The van der Waals surface area contributed by atoms with E-state index in [9.17, 15) is 18.0 Å². The van der Waals surface area contributed by atoms with Gasteiger partial charge in [0.2, 0.25) is 0 Å². The van der Waals surface area contributed by atoms with Crippen molar-refractivity contribution in [1.82, 2.24) is 4.90 Å². The number of rotatable bonds is 1. The van der Waals surface area contributed by atoms with Gasteiger partial charge in [0.15, 0.2) is 0 Å². The number of hydrogen-bond acceptors (Lipinski definition) is 1. The van der Waals surface area contributed by atoms with Gasteiger partial charge in [0.1, 0.15) is 0 Å². The maximum Gasteiger partial charge on any atom is 0.416 e. The summed E-state index contributed by atoms with van der Waals surface area (Å²) in [5.74, 6) is -0.466. The Bertz CT molecular complexity index is 415. The van der Waals surface area contributed by atoms with Gasteiger partial charge >= 0.3 is 6.18 Å². The zero-order valence-electron chi connectivity index (χ0n) is 8.60. The predicted octanol–water partition coefficient (Wildman–Crippen LogP) is 3.17. The summed E-state index contributed by atoms with van der Waals surface area (Å²) in [4.78, 5) is 12.7. The highest BCUT2D eigenvalue weighted by Crippen LogP contribution is 2.32. The number of benzene rings is 1. The molecule has 0 fully saturated rings. The summed E-state index contributed by atoms with van der Waals surface area (Å²) < 4.78 is 37.6. The second-order valence-electron chi connectivity index (χ2n) is 3.43. The van der Waals surface area contributed by atoms with E-state index >= 15 is 0 Å². The maximum atomic E-state index is 12.5. The van der Waals surface area contributed by atoms with E-state index in [-0.39, 0.29) is 10.0 Å². The number of hydrogen-bond donors (Lipinski definition) is 0. The summed E-state index contributed by atoms with van der Waals surface area (Å²) >= 11 is 2.95. The van der Waals surface area contributed by atoms with Crippen molar-refractivity contribution in [2.45, 2.75) is 6.18 Å². The van der Waals surface area contributed by atoms with Gasteiger partial charge in [-0.1, -0.05) is 15.9 Å². The highest BCUT2D eigenvalue weighted by molar-refractivity contribution is 9.10. The summed E-state index contributed by atoms with van der Waals surface area (Å²) in [6.07, 6.45) is -4.45. The molecule has 2 nitrogen and oxygen atoms in total. The molecule has 0 saturated heterocycles. The third kappa shape index (κ3) is 2.98. The molecule has 0 aliphatic heterocycles. The van der Waals surface area contributed by atoms with Crippen LogP contribution in [0.1, 0.15) is 15.9 Å². The Balaban J connectivity index is 3.24. The SMILES string of the molecule is CN(C)C(=O)c1cc(Br)cc(C(F)(F)F)c1. The zero-order chi connectivity index (χ0) is 12.5. The molecule has 0 radical (unpaired) electrons. The molecule has 1 aromatic carbocycles. The van der Waals surface area contributed by atoms with Gasteiger partial charge in [-0.15, -0.1) is 0 Å². The molecule has 0 aliphatic rings. The standard InChI is InChI=1S/C10H9BrF3NO/c1-15(2)9(16)6-3-7(10(12,13)14)5-8(11)4-6/h3-5H,1-2H3. The fourth-order valence-electron chi connectivity index (χ4n) is 1.13. The fraction of sp³-hybridized carbons (Fsp3) is 0.300. The summed E-state index contributed by atoms with van der Waals surface area (Å²) in [7, 11) is 2.97. The lowest BCUT2D eigenvalue weighted by Gasteiger charge is -2.13. The van der Waals surface area contributed by atoms with Crippen molar-refractivity contribution in [2.75, 3.05) is 14.1 Å². The van der Waals surface area contributed by atoms with Crippen molar-refractivity contribution < 1.29 is 18.0 Å². The maximum absolute atomic E-state index is 12.5. The molecule has 0 bridgehead atoms. The van der Waals surface area contributed by atoms with Crippen LogP contribution in [0.3, 0.4) is 0 Å². The first kappa shape index (κ1) is 13.0. The largest absolute Gasteiger partial charge is 0.416 e. The van der Waals surface area contributed by atoms with E-state index in [1.165, 1.54) is 25.1 Å². The Labute approximate surface area is 99.2 Å². The van der Waals surface area contributed by atoms with E-state index in [0.717, 1.165) is 12.1 Å². The molecule has 1 rings (SSSR count). The Morgan fingerprint density at radius 1 is 1.25 bits per heavy atom. The van der Waals surface area contributed by atoms with E-state index in [1.54, 1.807) is 0 Å². The highest BCUT2D eigenvalue weighted by Gasteiger charge is 2.31. The fourth-order valence-corrected chi connectivity index (χ4v) is 1.63. The summed E-state index contributed by atoms with van der Waals surface area (Å²) in [5.41, 5.74) is -0.834. The summed E-state index contributed by atoms with van der Waals surface area (Å²) in [6.45, 7) is 0. The summed E-state index contributed by atoms with van der Waals surface area (Å²) in [5, 5.41) is 0. The minimum absolute atomic E-state index is 0.00620. The van der Waals surface area contributed by atoms with Crippen LogP contribution in [-0.2, 0) is 6.18 Å². The minimum atomic E-state index is -4.45. The zero-order valence-corrected chi connectivity index (χ0v) is 10.2. The topological polar surface area (TPSA) is 20.3 Å². The van der Waals surface area contributed by atoms with Gasteiger partial charge in [-0.3, -0.25) is 4.79 Å². The van der Waals surface area contributed by atoms with Crippen LogP contribution in [0.15, 0.2) is 22.7 Å². The number of carbonyl (C=O) groups excluding carboxylic acids is 1. The smallest absolute Gasteiger partial charge is 0.345 e. The first-order valence-electron chi connectivity index (χ1n) is 4.31. The van der Waals surface area contributed by atoms with Gasteiger partial charge in [-0.25, -0.2) is 0 Å². The first-order chi connectivity index (χ1) is 7.21. The number of halogens is 4. The molecule has 1 amide bonds. The minimum Gasteiger partial charge on any atom is -0.345 e. The molecule has 0 heterocycles. The van der Waals surface area contributed by atoms with Crippen LogP contribution in [0.25, 0.3) is 0 Å². The lowest BCUT2D eigenvalue weighted by atomic mass is 10.1. The quantitative estimate of drug-likeness (QED) is 0.779. The van der Waals surface area contributed by atoms with E-state index in [4.69, 9.17) is 0 Å². The van der Waals surface area contributed by atoms with Crippen molar-refractivity contribution in [3.05, 3.63) is 33.8 Å². The van der Waals surface area contributed by atoms with Crippen molar-refractivity contribution in [2.24, 2.45) is 0 Å². The van der Waals surface area contributed by atoms with Crippen LogP contribution < -0.4 is 0 Å². The number of alkyl halides is 3. The molecule has 16 heavy (non-hydrogen) atoms. The lowest BCUT2D eigenvalue weighted by Crippen LogP contribution is -2.22. The Morgan fingerprint density at radius 2 is 1.81 bits per heavy atom. The van der Waals surface area contributed by atoms with Crippen molar-refractivity contribution >= 4 is 21.8 Å². The summed E-state index contributed by atoms with van der Waals surface area (Å²) in [6, 6.07) is 3.14. The Kier molecular flexibility index (Phi) is 3.62. The average molecular weight is 296 g/mol. The first-order valence-corrected chi connectivity index (χ1v) is 5.10. The molecule has 0 spiro atoms. The van der Waals surface area contributed by atoms with Crippen molar-refractivity contribution in [1.29, 1.82) is 0 Å². The van der Waals surface area contributed by atoms with E-state index < -0.39 is 17.6 Å². The van der Waals surface area contributed by atoms with E-state index in [2.05, 4.69) is 15.9 Å². The highest BCUT2D eigenvalue weighted by atomic mass is 79.9. The molecule has 1 aromatic rings. The molecule has 0 N–H and O–H groups in total. The van der Waals surface area contributed by atoms with Crippen LogP contribution in [0, 0.1) is 0 Å². The third-order valence-corrected chi connectivity index (χ3v) is 2.34.